The van der Waals surface area contributed by atoms with Gasteiger partial charge in [-0.15, -0.1) is 0 Å². The smallest absolute Gasteiger partial charge is 0.228 e. The zero-order chi connectivity index (χ0) is 8.72. The van der Waals surface area contributed by atoms with Crippen molar-refractivity contribution in [3.05, 3.63) is 22.7 Å². The van der Waals surface area contributed by atoms with Crippen LogP contribution in [0.5, 0.6) is 0 Å². The number of halogens is 1. The van der Waals surface area contributed by atoms with E-state index in [1.807, 2.05) is 0 Å². The lowest BCUT2D eigenvalue weighted by Gasteiger charge is -2.02. The molecule has 2 rings (SSSR count). The van der Waals surface area contributed by atoms with Crippen molar-refractivity contribution in [3.8, 4) is 0 Å². The van der Waals surface area contributed by atoms with Gasteiger partial charge in [0.2, 0.25) is 5.91 Å². The molecule has 0 bridgehead atoms. The molecule has 1 aromatic rings. The van der Waals surface area contributed by atoms with E-state index in [0.717, 1.165) is 5.56 Å². The number of amides is 1. The average Bonchev–Trinajstić information content (AvgIpc) is 2.29. The Morgan fingerprint density at radius 3 is 3.00 bits per heavy atom. The Bertz CT molecular complexity index is 362. The van der Waals surface area contributed by atoms with Gasteiger partial charge >= 0.3 is 0 Å². The van der Waals surface area contributed by atoms with Crippen molar-refractivity contribution < 1.29 is 4.79 Å². The van der Waals surface area contributed by atoms with Gasteiger partial charge in [-0.05, 0) is 17.7 Å². The van der Waals surface area contributed by atoms with Crippen LogP contribution < -0.4 is 11.1 Å². The molecule has 0 aromatic heterocycles. The number of nitrogen functional groups attached to an aromatic ring is 1. The van der Waals surface area contributed by atoms with E-state index in [1.54, 1.807) is 12.1 Å². The molecular formula is C8H7ClN2O. The molecule has 0 aliphatic carbocycles. The molecule has 1 aliphatic rings. The number of carbonyl (C=O) groups is 1. The first-order chi connectivity index (χ1) is 5.66. The summed E-state index contributed by atoms with van der Waals surface area (Å²) in [6.07, 6.45) is 0.375. The monoisotopic (exact) mass is 182 g/mol. The van der Waals surface area contributed by atoms with Crippen LogP contribution in [0.15, 0.2) is 12.1 Å². The van der Waals surface area contributed by atoms with E-state index >= 15 is 0 Å². The summed E-state index contributed by atoms with van der Waals surface area (Å²) in [5, 5.41) is 3.18. The number of nitrogens with two attached hydrogens (primary N) is 1. The minimum atomic E-state index is -0.0301. The van der Waals surface area contributed by atoms with Crippen LogP contribution in [0.2, 0.25) is 5.02 Å². The number of hydrogen-bond acceptors (Lipinski definition) is 2. The number of benzene rings is 1. The fraction of sp³-hybridized carbons (Fsp3) is 0.125. The SMILES string of the molecule is Nc1cc(Cl)c2c(c1)CC(=O)N2. The Morgan fingerprint density at radius 2 is 2.25 bits per heavy atom. The topological polar surface area (TPSA) is 55.1 Å². The van der Waals surface area contributed by atoms with Crippen molar-refractivity contribution in [2.24, 2.45) is 0 Å². The van der Waals surface area contributed by atoms with Crippen molar-refractivity contribution in [2.75, 3.05) is 11.1 Å². The van der Waals surface area contributed by atoms with Crippen molar-refractivity contribution in [1.82, 2.24) is 0 Å². The molecule has 0 radical (unpaired) electrons. The Balaban J connectivity index is 2.59. The van der Waals surface area contributed by atoms with Gasteiger partial charge in [0.05, 0.1) is 17.1 Å². The molecule has 0 unspecified atom stereocenters. The van der Waals surface area contributed by atoms with Gasteiger partial charge in [-0.3, -0.25) is 4.79 Å². The zero-order valence-electron chi connectivity index (χ0n) is 6.23. The molecule has 0 atom stereocenters. The second kappa shape index (κ2) is 2.38. The Hall–Kier alpha value is -1.22. The highest BCUT2D eigenvalue weighted by atomic mass is 35.5. The maximum atomic E-state index is 11.0. The zero-order valence-corrected chi connectivity index (χ0v) is 6.98. The highest BCUT2D eigenvalue weighted by Crippen LogP contribution is 2.32. The number of rotatable bonds is 0. The Kier molecular flexibility index (Phi) is 1.48. The number of hydrogen-bond donors (Lipinski definition) is 2. The van der Waals surface area contributed by atoms with Crippen LogP contribution in [-0.4, -0.2) is 5.91 Å². The molecule has 0 saturated heterocycles. The highest BCUT2D eigenvalue weighted by molar-refractivity contribution is 6.34. The largest absolute Gasteiger partial charge is 0.399 e. The van der Waals surface area contributed by atoms with Crippen LogP contribution in [0.1, 0.15) is 5.56 Å². The van der Waals surface area contributed by atoms with Gasteiger partial charge in [-0.1, -0.05) is 11.6 Å². The summed E-state index contributed by atoms with van der Waals surface area (Å²) in [6, 6.07) is 3.39. The molecule has 3 nitrogen and oxygen atoms in total. The van der Waals surface area contributed by atoms with Crippen LogP contribution in [0, 0.1) is 0 Å². The predicted octanol–water partition coefficient (Wildman–Crippen LogP) is 1.42. The van der Waals surface area contributed by atoms with E-state index in [0.29, 0.717) is 22.8 Å². The van der Waals surface area contributed by atoms with E-state index in [4.69, 9.17) is 17.3 Å². The minimum Gasteiger partial charge on any atom is -0.399 e. The third-order valence-corrected chi connectivity index (χ3v) is 2.11. The van der Waals surface area contributed by atoms with Crippen LogP contribution in [0.3, 0.4) is 0 Å². The predicted molar refractivity (Wildman–Crippen MR) is 48.2 cm³/mol. The van der Waals surface area contributed by atoms with Crippen molar-refractivity contribution >= 4 is 28.9 Å². The summed E-state index contributed by atoms with van der Waals surface area (Å²) in [5.74, 6) is -0.0301. The number of fused-ring (bicyclic) bond motifs is 1. The lowest BCUT2D eigenvalue weighted by molar-refractivity contribution is -0.115. The summed E-state index contributed by atoms with van der Waals surface area (Å²) >= 11 is 5.85. The standard InChI is InChI=1S/C8H7ClN2O/c9-6-3-5(10)1-4-2-7(12)11-8(4)6/h1,3H,2,10H2,(H,11,12). The van der Waals surface area contributed by atoms with Gasteiger partial charge in [0.1, 0.15) is 0 Å². The van der Waals surface area contributed by atoms with E-state index in [9.17, 15) is 4.79 Å². The molecule has 12 heavy (non-hydrogen) atoms. The summed E-state index contributed by atoms with van der Waals surface area (Å²) < 4.78 is 0. The summed E-state index contributed by atoms with van der Waals surface area (Å²) in [6.45, 7) is 0. The minimum absolute atomic E-state index is 0.0301. The third kappa shape index (κ3) is 1.02. The van der Waals surface area contributed by atoms with Crippen LogP contribution in [-0.2, 0) is 11.2 Å². The van der Waals surface area contributed by atoms with Crippen molar-refractivity contribution in [2.45, 2.75) is 6.42 Å². The van der Waals surface area contributed by atoms with E-state index < -0.39 is 0 Å². The van der Waals surface area contributed by atoms with Gasteiger partial charge in [0, 0.05) is 5.69 Å². The van der Waals surface area contributed by atoms with E-state index in [2.05, 4.69) is 5.32 Å². The Morgan fingerprint density at radius 1 is 1.50 bits per heavy atom. The summed E-state index contributed by atoms with van der Waals surface area (Å²) in [4.78, 5) is 11.0. The second-order valence-electron chi connectivity index (χ2n) is 2.76. The quantitative estimate of drug-likeness (QED) is 0.597. The summed E-state index contributed by atoms with van der Waals surface area (Å²) in [7, 11) is 0. The normalized spacial score (nSPS) is 14.2. The molecule has 1 amide bonds. The van der Waals surface area contributed by atoms with Gasteiger partial charge in [-0.2, -0.15) is 0 Å². The van der Waals surface area contributed by atoms with Crippen LogP contribution >= 0.6 is 11.6 Å². The van der Waals surface area contributed by atoms with Crippen molar-refractivity contribution in [1.29, 1.82) is 0 Å². The molecule has 1 aliphatic heterocycles. The molecule has 62 valence electrons. The number of anilines is 2. The lowest BCUT2D eigenvalue weighted by atomic mass is 10.1. The molecule has 4 heteroatoms. The molecule has 0 fully saturated rings. The van der Waals surface area contributed by atoms with E-state index in [1.165, 1.54) is 0 Å². The average molecular weight is 183 g/mol. The molecular weight excluding hydrogens is 176 g/mol. The van der Waals surface area contributed by atoms with Gasteiger partial charge in [-0.25, -0.2) is 0 Å². The first-order valence-electron chi connectivity index (χ1n) is 3.54. The maximum absolute atomic E-state index is 11.0. The molecule has 1 aromatic carbocycles. The van der Waals surface area contributed by atoms with Gasteiger partial charge in [0.25, 0.3) is 0 Å². The fourth-order valence-electron chi connectivity index (χ4n) is 1.32. The fourth-order valence-corrected chi connectivity index (χ4v) is 1.62. The molecule has 0 spiro atoms. The lowest BCUT2D eigenvalue weighted by Crippen LogP contribution is -2.03. The Labute approximate surface area is 74.5 Å². The first kappa shape index (κ1) is 7.43. The van der Waals surface area contributed by atoms with Gasteiger partial charge in [0.15, 0.2) is 0 Å². The maximum Gasteiger partial charge on any atom is 0.228 e. The summed E-state index contributed by atoms with van der Waals surface area (Å²) in [5.41, 5.74) is 7.73. The first-order valence-corrected chi connectivity index (χ1v) is 3.92. The second-order valence-corrected chi connectivity index (χ2v) is 3.17. The number of nitrogens with one attached hydrogen (secondary N) is 1. The highest BCUT2D eigenvalue weighted by Gasteiger charge is 2.20. The molecule has 0 saturated carbocycles. The van der Waals surface area contributed by atoms with Crippen LogP contribution in [0.4, 0.5) is 11.4 Å². The van der Waals surface area contributed by atoms with E-state index in [-0.39, 0.29) is 5.91 Å². The molecule has 1 heterocycles. The molecule has 3 N–H and O–H groups in total. The van der Waals surface area contributed by atoms with Crippen molar-refractivity contribution in [3.63, 3.8) is 0 Å². The van der Waals surface area contributed by atoms with Gasteiger partial charge < -0.3 is 11.1 Å². The number of carbonyl (C=O) groups excluding carboxylic acids is 1. The third-order valence-electron chi connectivity index (χ3n) is 1.81. The van der Waals surface area contributed by atoms with Crippen LogP contribution in [0.25, 0.3) is 0 Å².